The summed E-state index contributed by atoms with van der Waals surface area (Å²) in [5, 5.41) is 9.81. The summed E-state index contributed by atoms with van der Waals surface area (Å²) in [6, 6.07) is 4.06. The second-order valence-corrected chi connectivity index (χ2v) is 6.38. The summed E-state index contributed by atoms with van der Waals surface area (Å²) < 4.78 is 0. The number of aliphatic imine (C=N–C) groups is 1. The fourth-order valence-electron chi connectivity index (χ4n) is 2.79. The molecule has 1 saturated carbocycles. The van der Waals surface area contributed by atoms with Gasteiger partial charge in [0.25, 0.3) is 0 Å². The van der Waals surface area contributed by atoms with E-state index in [1.165, 1.54) is 19.3 Å². The molecule has 0 bridgehead atoms. The topological polar surface area (TPSA) is 78.4 Å². The van der Waals surface area contributed by atoms with Crippen molar-refractivity contribution < 1.29 is 4.79 Å². The van der Waals surface area contributed by atoms with Crippen molar-refractivity contribution in [3.63, 3.8) is 0 Å². The smallest absolute Gasteiger partial charge is 0.239 e. The average molecular weight is 480 g/mol. The Balaban J connectivity index is 0.00000312. The zero-order valence-electron chi connectivity index (χ0n) is 14.6. The molecule has 0 aliphatic heterocycles. The molecule has 140 valence electrons. The third-order valence-corrected chi connectivity index (χ3v) is 4.33. The van der Waals surface area contributed by atoms with E-state index in [-0.39, 0.29) is 36.4 Å². The maximum Gasteiger partial charge on any atom is 0.239 e. The fraction of sp³-hybridized carbons (Fsp3) is 0.588. The first-order valence-corrected chi connectivity index (χ1v) is 8.89. The van der Waals surface area contributed by atoms with E-state index in [0.717, 1.165) is 24.8 Å². The SMILES string of the molecule is CN=C(NCCc1ccc(Cl)nc1)NCC(=O)NC1CCCCC1.I. The fourth-order valence-corrected chi connectivity index (χ4v) is 2.90. The maximum absolute atomic E-state index is 12.0. The van der Waals surface area contributed by atoms with Gasteiger partial charge < -0.3 is 16.0 Å². The molecule has 1 amide bonds. The predicted molar refractivity (Wildman–Crippen MR) is 113 cm³/mol. The molecule has 0 unspecified atom stereocenters. The Morgan fingerprint density at radius 1 is 1.28 bits per heavy atom. The number of amides is 1. The summed E-state index contributed by atoms with van der Waals surface area (Å²) >= 11 is 5.77. The number of pyridine rings is 1. The Bertz CT molecular complexity index is 546. The van der Waals surface area contributed by atoms with Gasteiger partial charge in [-0.3, -0.25) is 9.79 Å². The molecule has 1 heterocycles. The highest BCUT2D eigenvalue weighted by molar-refractivity contribution is 14.0. The van der Waals surface area contributed by atoms with E-state index in [1.54, 1.807) is 19.3 Å². The van der Waals surface area contributed by atoms with Gasteiger partial charge in [0.15, 0.2) is 5.96 Å². The van der Waals surface area contributed by atoms with Crippen molar-refractivity contribution in [3.8, 4) is 0 Å². The lowest BCUT2D eigenvalue weighted by Gasteiger charge is -2.23. The number of hydrogen-bond donors (Lipinski definition) is 3. The minimum absolute atomic E-state index is 0. The van der Waals surface area contributed by atoms with Crippen molar-refractivity contribution in [1.29, 1.82) is 0 Å². The first kappa shape index (κ1) is 22.0. The Morgan fingerprint density at radius 3 is 2.68 bits per heavy atom. The summed E-state index contributed by atoms with van der Waals surface area (Å²) in [4.78, 5) is 20.2. The van der Waals surface area contributed by atoms with Crippen LogP contribution in [0.4, 0.5) is 0 Å². The molecule has 1 aliphatic rings. The van der Waals surface area contributed by atoms with E-state index in [0.29, 0.717) is 23.7 Å². The molecule has 2 rings (SSSR count). The van der Waals surface area contributed by atoms with Crippen LogP contribution in [0, 0.1) is 0 Å². The molecular weight excluding hydrogens is 453 g/mol. The van der Waals surface area contributed by atoms with Gasteiger partial charge in [-0.2, -0.15) is 0 Å². The van der Waals surface area contributed by atoms with Crippen LogP contribution in [-0.4, -0.2) is 43.0 Å². The van der Waals surface area contributed by atoms with E-state index >= 15 is 0 Å². The van der Waals surface area contributed by atoms with Gasteiger partial charge in [-0.05, 0) is 30.9 Å². The molecule has 0 atom stereocenters. The van der Waals surface area contributed by atoms with E-state index < -0.39 is 0 Å². The number of nitrogens with one attached hydrogen (secondary N) is 3. The largest absolute Gasteiger partial charge is 0.356 e. The molecule has 1 aromatic heterocycles. The summed E-state index contributed by atoms with van der Waals surface area (Å²) in [6.45, 7) is 0.936. The third-order valence-electron chi connectivity index (χ3n) is 4.11. The number of carbonyl (C=O) groups excluding carboxylic acids is 1. The van der Waals surface area contributed by atoms with Gasteiger partial charge in [-0.1, -0.05) is 36.9 Å². The molecule has 0 spiro atoms. The number of nitrogens with zero attached hydrogens (tertiary/aromatic N) is 2. The first-order valence-electron chi connectivity index (χ1n) is 8.51. The Hall–Kier alpha value is -1.09. The normalized spacial score (nSPS) is 15.2. The van der Waals surface area contributed by atoms with Crippen LogP contribution >= 0.6 is 35.6 Å². The lowest BCUT2D eigenvalue weighted by molar-refractivity contribution is -0.120. The monoisotopic (exact) mass is 479 g/mol. The highest BCUT2D eigenvalue weighted by atomic mass is 127. The number of carbonyl (C=O) groups is 1. The maximum atomic E-state index is 12.0. The van der Waals surface area contributed by atoms with Crippen molar-refractivity contribution in [2.24, 2.45) is 4.99 Å². The molecule has 25 heavy (non-hydrogen) atoms. The van der Waals surface area contributed by atoms with E-state index in [2.05, 4.69) is 25.9 Å². The zero-order chi connectivity index (χ0) is 17.2. The highest BCUT2D eigenvalue weighted by Crippen LogP contribution is 2.17. The molecule has 0 saturated heterocycles. The van der Waals surface area contributed by atoms with Crippen molar-refractivity contribution in [2.75, 3.05) is 20.1 Å². The highest BCUT2D eigenvalue weighted by Gasteiger charge is 2.15. The molecule has 8 heteroatoms. The minimum Gasteiger partial charge on any atom is -0.356 e. The van der Waals surface area contributed by atoms with Crippen LogP contribution in [0.2, 0.25) is 5.15 Å². The van der Waals surface area contributed by atoms with Crippen LogP contribution < -0.4 is 16.0 Å². The summed E-state index contributed by atoms with van der Waals surface area (Å²) in [7, 11) is 1.69. The quantitative estimate of drug-likeness (QED) is 0.254. The Morgan fingerprint density at radius 2 is 2.04 bits per heavy atom. The summed E-state index contributed by atoms with van der Waals surface area (Å²) in [5.41, 5.74) is 1.09. The molecule has 3 N–H and O–H groups in total. The van der Waals surface area contributed by atoms with Gasteiger partial charge >= 0.3 is 0 Å². The Labute approximate surface area is 171 Å². The van der Waals surface area contributed by atoms with Crippen LogP contribution in [0.25, 0.3) is 0 Å². The summed E-state index contributed by atoms with van der Waals surface area (Å²) in [5.74, 6) is 0.641. The number of guanidine groups is 1. The van der Waals surface area contributed by atoms with Crippen LogP contribution in [0.1, 0.15) is 37.7 Å². The predicted octanol–water partition coefficient (Wildman–Crippen LogP) is 2.51. The van der Waals surface area contributed by atoms with E-state index in [4.69, 9.17) is 11.6 Å². The van der Waals surface area contributed by atoms with Gasteiger partial charge in [-0.25, -0.2) is 4.98 Å². The van der Waals surface area contributed by atoms with Crippen LogP contribution in [0.5, 0.6) is 0 Å². The number of hydrogen-bond acceptors (Lipinski definition) is 3. The van der Waals surface area contributed by atoms with Crippen LogP contribution in [0.3, 0.4) is 0 Å². The van der Waals surface area contributed by atoms with Gasteiger partial charge in [0.05, 0.1) is 6.54 Å². The standard InChI is InChI=1S/C17H26ClN5O.HI/c1-19-17(20-10-9-13-7-8-15(18)21-11-13)22-12-16(24)23-14-5-3-2-4-6-14;/h7-8,11,14H,2-6,9-10,12H2,1H3,(H,23,24)(H2,19,20,22);1H. The average Bonchev–Trinajstić information content (AvgIpc) is 2.60. The molecule has 1 aromatic rings. The second kappa shape index (κ2) is 12.3. The Kier molecular flexibility index (Phi) is 10.8. The molecular formula is C17H27ClIN5O. The van der Waals surface area contributed by atoms with E-state index in [9.17, 15) is 4.79 Å². The van der Waals surface area contributed by atoms with Gasteiger partial charge in [0.2, 0.25) is 5.91 Å². The number of halogens is 2. The lowest BCUT2D eigenvalue weighted by atomic mass is 9.95. The molecule has 1 aliphatic carbocycles. The molecule has 0 aromatic carbocycles. The van der Waals surface area contributed by atoms with Crippen molar-refractivity contribution in [2.45, 2.75) is 44.6 Å². The van der Waals surface area contributed by atoms with Crippen molar-refractivity contribution in [1.82, 2.24) is 20.9 Å². The van der Waals surface area contributed by atoms with Crippen molar-refractivity contribution in [3.05, 3.63) is 29.0 Å². The van der Waals surface area contributed by atoms with Crippen molar-refractivity contribution >= 4 is 47.4 Å². The molecule has 0 radical (unpaired) electrons. The zero-order valence-corrected chi connectivity index (χ0v) is 17.6. The van der Waals surface area contributed by atoms with Gasteiger partial charge in [-0.15, -0.1) is 24.0 Å². The third kappa shape index (κ3) is 8.71. The van der Waals surface area contributed by atoms with Crippen LogP contribution in [-0.2, 0) is 11.2 Å². The number of aromatic nitrogens is 1. The second-order valence-electron chi connectivity index (χ2n) is 5.99. The van der Waals surface area contributed by atoms with Gasteiger partial charge in [0.1, 0.15) is 5.15 Å². The minimum atomic E-state index is 0. The summed E-state index contributed by atoms with van der Waals surface area (Å²) in [6.07, 6.45) is 8.45. The van der Waals surface area contributed by atoms with E-state index in [1.807, 2.05) is 6.07 Å². The first-order chi connectivity index (χ1) is 11.7. The number of rotatable bonds is 6. The molecule has 6 nitrogen and oxygen atoms in total. The van der Waals surface area contributed by atoms with Gasteiger partial charge in [0, 0.05) is 25.8 Å². The molecule has 1 fully saturated rings. The lowest BCUT2D eigenvalue weighted by Crippen LogP contribution is -2.46. The van der Waals surface area contributed by atoms with Crippen LogP contribution in [0.15, 0.2) is 23.3 Å².